The molecule has 0 radical (unpaired) electrons. The molecule has 2 atom stereocenters. The molecule has 2 aromatic carbocycles. The summed E-state index contributed by atoms with van der Waals surface area (Å²) in [6.45, 7) is 0. The molecule has 2 N–H and O–H groups in total. The number of amides is 1. The Balaban J connectivity index is 1.60. The van der Waals surface area contributed by atoms with Gasteiger partial charge in [0.2, 0.25) is 5.91 Å². The van der Waals surface area contributed by atoms with Gasteiger partial charge in [0.05, 0.1) is 23.3 Å². The largest absolute Gasteiger partial charge is 0.369 e. The Morgan fingerprint density at radius 1 is 0.970 bits per heavy atom. The molecule has 2 unspecified atom stereocenters. The molecule has 5 rings (SSSR count). The van der Waals surface area contributed by atoms with Gasteiger partial charge in [0.15, 0.2) is 0 Å². The molecule has 0 saturated carbocycles. The van der Waals surface area contributed by atoms with Crippen LogP contribution in [0.3, 0.4) is 0 Å². The van der Waals surface area contributed by atoms with Crippen LogP contribution >= 0.6 is 23.2 Å². The summed E-state index contributed by atoms with van der Waals surface area (Å²) < 4.78 is 13.6. The van der Waals surface area contributed by atoms with Crippen molar-refractivity contribution in [1.29, 1.82) is 0 Å². The fourth-order valence-electron chi connectivity index (χ4n) is 5.78. The van der Waals surface area contributed by atoms with Gasteiger partial charge in [0.1, 0.15) is 5.82 Å². The van der Waals surface area contributed by atoms with E-state index in [-0.39, 0.29) is 18.1 Å². The van der Waals surface area contributed by atoms with Crippen LogP contribution in [0.5, 0.6) is 0 Å². The number of benzene rings is 2. The number of piperidine rings is 1. The lowest BCUT2D eigenvalue weighted by Gasteiger charge is -2.48. The van der Waals surface area contributed by atoms with Crippen molar-refractivity contribution in [2.45, 2.75) is 49.2 Å². The third-order valence-electron chi connectivity index (χ3n) is 7.23. The normalized spacial score (nSPS) is 24.8. The van der Waals surface area contributed by atoms with Gasteiger partial charge in [-0.15, -0.1) is 0 Å². The number of carbonyl (C=O) groups excluding carboxylic acids is 1. The van der Waals surface area contributed by atoms with Crippen LogP contribution in [0.15, 0.2) is 66.9 Å². The zero-order valence-electron chi connectivity index (χ0n) is 17.9. The quantitative estimate of drug-likeness (QED) is 0.508. The molecule has 2 saturated heterocycles. The summed E-state index contributed by atoms with van der Waals surface area (Å²) in [5.74, 6) is -0.846. The van der Waals surface area contributed by atoms with E-state index >= 15 is 0 Å². The second-order valence-corrected chi connectivity index (χ2v) is 9.81. The van der Waals surface area contributed by atoms with Crippen molar-refractivity contribution in [3.8, 4) is 0 Å². The van der Waals surface area contributed by atoms with E-state index in [4.69, 9.17) is 28.9 Å². The number of aromatic nitrogens is 1. The molecule has 0 aliphatic carbocycles. The average Bonchev–Trinajstić information content (AvgIpc) is 3.06. The molecule has 2 bridgehead atoms. The van der Waals surface area contributed by atoms with Crippen molar-refractivity contribution in [2.75, 3.05) is 0 Å². The molecular formula is C26H24Cl2FN3O. The standard InChI is InChI=1S/C26H24Cl2FN3O/c27-21-7-3-1-5-19(21)24(20-6-2-4-8-22(20)28)32-17-10-11-18(32)14-26(13-17,25(30)33)23-12-9-16(29)15-31-23/h1-9,12,15,17-18,24H,10-11,13-14H2,(H2,30,33). The summed E-state index contributed by atoms with van der Waals surface area (Å²) in [5, 5.41) is 1.35. The molecule has 33 heavy (non-hydrogen) atoms. The topological polar surface area (TPSA) is 59.2 Å². The molecule has 3 heterocycles. The third-order valence-corrected chi connectivity index (χ3v) is 7.92. The van der Waals surface area contributed by atoms with Crippen LogP contribution in [0.1, 0.15) is 48.5 Å². The summed E-state index contributed by atoms with van der Waals surface area (Å²) in [4.78, 5) is 19.6. The van der Waals surface area contributed by atoms with Gasteiger partial charge < -0.3 is 5.73 Å². The zero-order chi connectivity index (χ0) is 23.2. The Labute approximate surface area is 202 Å². The van der Waals surface area contributed by atoms with Gasteiger partial charge in [0.25, 0.3) is 0 Å². The summed E-state index contributed by atoms with van der Waals surface area (Å²) in [7, 11) is 0. The second-order valence-electron chi connectivity index (χ2n) is 8.99. The number of pyridine rings is 1. The van der Waals surface area contributed by atoms with Gasteiger partial charge in [-0.05, 0) is 61.1 Å². The molecule has 3 aromatic rings. The van der Waals surface area contributed by atoms with Crippen LogP contribution < -0.4 is 5.73 Å². The average molecular weight is 484 g/mol. The number of carbonyl (C=O) groups is 1. The van der Waals surface area contributed by atoms with E-state index in [1.807, 2.05) is 48.5 Å². The maximum absolute atomic E-state index is 13.6. The lowest BCUT2D eigenvalue weighted by atomic mass is 9.70. The van der Waals surface area contributed by atoms with Gasteiger partial charge >= 0.3 is 0 Å². The first kappa shape index (κ1) is 22.3. The van der Waals surface area contributed by atoms with Gasteiger partial charge in [-0.25, -0.2) is 4.39 Å². The molecule has 2 aliphatic rings. The van der Waals surface area contributed by atoms with Gasteiger partial charge in [-0.2, -0.15) is 0 Å². The predicted octanol–water partition coefficient (Wildman–Crippen LogP) is 5.67. The molecule has 4 nitrogen and oxygen atoms in total. The Morgan fingerprint density at radius 2 is 1.52 bits per heavy atom. The zero-order valence-corrected chi connectivity index (χ0v) is 19.4. The molecule has 1 aromatic heterocycles. The maximum atomic E-state index is 13.6. The number of nitrogens with two attached hydrogens (primary N) is 1. The van der Waals surface area contributed by atoms with Gasteiger partial charge in [0, 0.05) is 22.1 Å². The van der Waals surface area contributed by atoms with Crippen LogP contribution in [-0.4, -0.2) is 27.9 Å². The Kier molecular flexibility index (Phi) is 5.89. The van der Waals surface area contributed by atoms with E-state index in [1.54, 1.807) is 6.07 Å². The minimum absolute atomic E-state index is 0.0700. The number of primary amides is 1. The minimum Gasteiger partial charge on any atom is -0.369 e. The number of hydrogen-bond acceptors (Lipinski definition) is 3. The number of hydrogen-bond donors (Lipinski definition) is 1. The highest BCUT2D eigenvalue weighted by Crippen LogP contribution is 2.52. The third kappa shape index (κ3) is 3.82. The van der Waals surface area contributed by atoms with Crippen molar-refractivity contribution in [3.63, 3.8) is 0 Å². The predicted molar refractivity (Wildman–Crippen MR) is 128 cm³/mol. The Hall–Kier alpha value is -2.47. The Morgan fingerprint density at radius 3 is 1.97 bits per heavy atom. The van der Waals surface area contributed by atoms with Crippen molar-refractivity contribution in [1.82, 2.24) is 9.88 Å². The van der Waals surface area contributed by atoms with Crippen molar-refractivity contribution < 1.29 is 9.18 Å². The smallest absolute Gasteiger partial charge is 0.229 e. The SMILES string of the molecule is NC(=O)C1(c2ccc(F)cn2)CC2CCC(C1)N2C(c1ccccc1Cl)c1ccccc1Cl. The number of rotatable bonds is 5. The van der Waals surface area contributed by atoms with Crippen LogP contribution in [-0.2, 0) is 10.2 Å². The van der Waals surface area contributed by atoms with Crippen molar-refractivity contribution in [3.05, 3.63) is 99.5 Å². The number of halogens is 3. The van der Waals surface area contributed by atoms with Crippen LogP contribution in [0.25, 0.3) is 0 Å². The summed E-state index contributed by atoms with van der Waals surface area (Å²) in [6.07, 6.45) is 4.04. The maximum Gasteiger partial charge on any atom is 0.229 e. The van der Waals surface area contributed by atoms with E-state index in [1.165, 1.54) is 6.07 Å². The van der Waals surface area contributed by atoms with E-state index < -0.39 is 17.1 Å². The van der Waals surface area contributed by atoms with E-state index in [0.717, 1.165) is 30.2 Å². The molecule has 0 spiro atoms. The van der Waals surface area contributed by atoms with E-state index in [0.29, 0.717) is 28.6 Å². The summed E-state index contributed by atoms with van der Waals surface area (Å²) >= 11 is 13.4. The van der Waals surface area contributed by atoms with E-state index in [9.17, 15) is 9.18 Å². The van der Waals surface area contributed by atoms with Crippen LogP contribution in [0.2, 0.25) is 10.0 Å². The highest BCUT2D eigenvalue weighted by molar-refractivity contribution is 6.32. The van der Waals surface area contributed by atoms with Crippen molar-refractivity contribution in [2.24, 2.45) is 5.73 Å². The lowest BCUT2D eigenvalue weighted by Crippen LogP contribution is -2.56. The first-order chi connectivity index (χ1) is 15.9. The minimum atomic E-state index is -0.929. The number of nitrogens with zero attached hydrogens (tertiary/aromatic N) is 2. The second kappa shape index (κ2) is 8.71. The van der Waals surface area contributed by atoms with Gasteiger partial charge in [-0.3, -0.25) is 14.7 Å². The monoisotopic (exact) mass is 483 g/mol. The summed E-state index contributed by atoms with van der Waals surface area (Å²) in [5.41, 5.74) is 7.56. The molecule has 1 amide bonds. The lowest BCUT2D eigenvalue weighted by molar-refractivity contribution is -0.127. The first-order valence-electron chi connectivity index (χ1n) is 11.1. The highest BCUT2D eigenvalue weighted by Gasteiger charge is 2.55. The fraction of sp³-hybridized carbons (Fsp3) is 0.308. The van der Waals surface area contributed by atoms with Gasteiger partial charge in [-0.1, -0.05) is 59.6 Å². The molecule has 2 aliphatic heterocycles. The number of fused-ring (bicyclic) bond motifs is 2. The first-order valence-corrected chi connectivity index (χ1v) is 11.8. The molecular weight excluding hydrogens is 460 g/mol. The molecule has 7 heteroatoms. The van der Waals surface area contributed by atoms with Crippen LogP contribution in [0, 0.1) is 5.82 Å². The Bertz CT molecular complexity index is 1130. The summed E-state index contributed by atoms with van der Waals surface area (Å²) in [6, 6.07) is 18.6. The highest BCUT2D eigenvalue weighted by atomic mass is 35.5. The fourth-order valence-corrected chi connectivity index (χ4v) is 6.26. The molecule has 170 valence electrons. The molecule has 2 fully saturated rings. The van der Waals surface area contributed by atoms with E-state index in [2.05, 4.69) is 9.88 Å². The van der Waals surface area contributed by atoms with Crippen molar-refractivity contribution >= 4 is 29.1 Å². The van der Waals surface area contributed by atoms with Crippen LogP contribution in [0.4, 0.5) is 4.39 Å².